The predicted molar refractivity (Wildman–Crippen MR) is 66.8 cm³/mol. The molecule has 0 amide bonds. The average molecular weight is 300 g/mol. The maximum Gasteiger partial charge on any atom is 0.267 e. The molecule has 1 aromatic carbocycles. The maximum absolute atomic E-state index is 11.7. The third kappa shape index (κ3) is 2.33. The normalized spacial score (nSPS) is 10.4. The van der Waals surface area contributed by atoms with E-state index in [1.54, 1.807) is 6.07 Å². The van der Waals surface area contributed by atoms with Gasteiger partial charge in [0.25, 0.3) is 5.56 Å². The van der Waals surface area contributed by atoms with Crippen molar-refractivity contribution in [3.8, 4) is 0 Å². The van der Waals surface area contributed by atoms with Crippen LogP contribution in [0.1, 0.15) is 5.56 Å². The predicted octanol–water partition coefficient (Wildman–Crippen LogP) is 2.71. The molecule has 0 bridgehead atoms. The molecule has 0 radical (unpaired) electrons. The minimum Gasteiger partial charge on any atom is -0.294 e. The SMILES string of the molecule is O=c1c(Br)cncn1Cc1ccccc1Cl. The third-order valence-corrected chi connectivity index (χ3v) is 3.07. The van der Waals surface area contributed by atoms with Crippen LogP contribution in [-0.4, -0.2) is 9.55 Å². The number of halogens is 2. The lowest BCUT2D eigenvalue weighted by molar-refractivity contribution is 0.731. The molecule has 1 aromatic heterocycles. The summed E-state index contributed by atoms with van der Waals surface area (Å²) in [6, 6.07) is 7.43. The highest BCUT2D eigenvalue weighted by molar-refractivity contribution is 9.10. The number of rotatable bonds is 2. The highest BCUT2D eigenvalue weighted by Gasteiger charge is 2.04. The van der Waals surface area contributed by atoms with Gasteiger partial charge in [-0.1, -0.05) is 29.8 Å². The van der Waals surface area contributed by atoms with Gasteiger partial charge in [-0.25, -0.2) is 4.98 Å². The third-order valence-electron chi connectivity index (χ3n) is 2.16. The lowest BCUT2D eigenvalue weighted by Crippen LogP contribution is -2.21. The topological polar surface area (TPSA) is 34.9 Å². The molecule has 16 heavy (non-hydrogen) atoms. The summed E-state index contributed by atoms with van der Waals surface area (Å²) in [5.74, 6) is 0. The molecule has 0 aliphatic carbocycles. The Morgan fingerprint density at radius 2 is 2.12 bits per heavy atom. The van der Waals surface area contributed by atoms with E-state index in [0.717, 1.165) is 5.56 Å². The summed E-state index contributed by atoms with van der Waals surface area (Å²) in [5.41, 5.74) is 0.779. The Kier molecular flexibility index (Phi) is 3.41. The quantitative estimate of drug-likeness (QED) is 0.854. The van der Waals surface area contributed by atoms with Gasteiger partial charge >= 0.3 is 0 Å². The smallest absolute Gasteiger partial charge is 0.267 e. The Balaban J connectivity index is 2.39. The van der Waals surface area contributed by atoms with Crippen molar-refractivity contribution in [2.24, 2.45) is 0 Å². The van der Waals surface area contributed by atoms with Gasteiger partial charge in [0.15, 0.2) is 0 Å². The van der Waals surface area contributed by atoms with Crippen LogP contribution >= 0.6 is 27.5 Å². The van der Waals surface area contributed by atoms with Gasteiger partial charge in [0.2, 0.25) is 0 Å². The van der Waals surface area contributed by atoms with Gasteiger partial charge in [0.1, 0.15) is 4.47 Å². The highest BCUT2D eigenvalue weighted by Crippen LogP contribution is 2.15. The van der Waals surface area contributed by atoms with Gasteiger partial charge in [0.05, 0.1) is 12.9 Å². The number of nitrogens with zero attached hydrogens (tertiary/aromatic N) is 2. The summed E-state index contributed by atoms with van der Waals surface area (Å²) < 4.78 is 1.95. The van der Waals surface area contributed by atoms with Gasteiger partial charge in [-0.15, -0.1) is 0 Å². The molecule has 2 aromatic rings. The van der Waals surface area contributed by atoms with E-state index in [4.69, 9.17) is 11.6 Å². The zero-order valence-electron chi connectivity index (χ0n) is 8.23. The zero-order chi connectivity index (χ0) is 11.5. The van der Waals surface area contributed by atoms with E-state index in [-0.39, 0.29) is 5.56 Å². The second-order valence-electron chi connectivity index (χ2n) is 3.27. The second-order valence-corrected chi connectivity index (χ2v) is 4.53. The van der Waals surface area contributed by atoms with E-state index >= 15 is 0 Å². The average Bonchev–Trinajstić information content (AvgIpc) is 2.28. The Hall–Kier alpha value is -1.13. The first-order chi connectivity index (χ1) is 7.68. The molecule has 0 N–H and O–H groups in total. The van der Waals surface area contributed by atoms with Crippen molar-refractivity contribution in [1.29, 1.82) is 0 Å². The molecule has 0 saturated heterocycles. The Morgan fingerprint density at radius 3 is 2.88 bits per heavy atom. The summed E-state index contributed by atoms with van der Waals surface area (Å²) in [4.78, 5) is 15.7. The molecule has 0 saturated carbocycles. The summed E-state index contributed by atoms with van der Waals surface area (Å²) in [5, 5.41) is 0.648. The summed E-state index contributed by atoms with van der Waals surface area (Å²) in [6.45, 7) is 0.422. The van der Waals surface area contributed by atoms with E-state index in [1.165, 1.54) is 17.1 Å². The van der Waals surface area contributed by atoms with E-state index in [9.17, 15) is 4.79 Å². The molecule has 0 aliphatic heterocycles. The van der Waals surface area contributed by atoms with Crippen LogP contribution in [0.3, 0.4) is 0 Å². The van der Waals surface area contributed by atoms with Crippen molar-refractivity contribution >= 4 is 27.5 Å². The standard InChI is InChI=1S/C11H8BrClN2O/c12-9-5-14-7-15(11(9)16)6-8-3-1-2-4-10(8)13/h1-5,7H,6H2. The molecule has 0 unspecified atom stereocenters. The fraction of sp³-hybridized carbons (Fsp3) is 0.0909. The molecule has 1 heterocycles. The van der Waals surface area contributed by atoms with Gasteiger partial charge in [-0.3, -0.25) is 9.36 Å². The fourth-order valence-corrected chi connectivity index (χ4v) is 1.89. The second kappa shape index (κ2) is 4.80. The summed E-state index contributed by atoms with van der Waals surface area (Å²) >= 11 is 9.17. The lowest BCUT2D eigenvalue weighted by Gasteiger charge is -2.06. The van der Waals surface area contributed by atoms with Crippen molar-refractivity contribution in [3.05, 3.63) is 62.2 Å². The number of aromatic nitrogens is 2. The van der Waals surface area contributed by atoms with Crippen molar-refractivity contribution in [1.82, 2.24) is 9.55 Å². The number of benzene rings is 1. The van der Waals surface area contributed by atoms with E-state index in [0.29, 0.717) is 16.0 Å². The molecule has 0 atom stereocenters. The largest absolute Gasteiger partial charge is 0.294 e. The van der Waals surface area contributed by atoms with Crippen molar-refractivity contribution < 1.29 is 0 Å². The molecular formula is C11H8BrClN2O. The van der Waals surface area contributed by atoms with Crippen LogP contribution < -0.4 is 5.56 Å². The van der Waals surface area contributed by atoms with Crippen molar-refractivity contribution in [3.63, 3.8) is 0 Å². The first-order valence-electron chi connectivity index (χ1n) is 4.62. The molecule has 0 spiro atoms. The minimum absolute atomic E-state index is 0.116. The van der Waals surface area contributed by atoms with E-state index in [1.807, 2.05) is 18.2 Å². The molecule has 0 aliphatic rings. The van der Waals surface area contributed by atoms with Gasteiger partial charge in [0, 0.05) is 11.2 Å². The molecule has 2 rings (SSSR count). The Morgan fingerprint density at radius 1 is 1.38 bits per heavy atom. The Labute approximate surface area is 106 Å². The molecular weight excluding hydrogens is 291 g/mol. The van der Waals surface area contributed by atoms with Crippen molar-refractivity contribution in [2.45, 2.75) is 6.54 Å². The monoisotopic (exact) mass is 298 g/mol. The van der Waals surface area contributed by atoms with Crippen LogP contribution in [0.15, 0.2) is 46.1 Å². The number of hydrogen-bond donors (Lipinski definition) is 0. The van der Waals surface area contributed by atoms with Crippen LogP contribution in [0.4, 0.5) is 0 Å². The van der Waals surface area contributed by atoms with Crippen molar-refractivity contribution in [2.75, 3.05) is 0 Å². The van der Waals surface area contributed by atoms with Crippen LogP contribution in [0, 0.1) is 0 Å². The summed E-state index contributed by atoms with van der Waals surface area (Å²) in [7, 11) is 0. The van der Waals surface area contributed by atoms with Gasteiger partial charge in [-0.2, -0.15) is 0 Å². The number of hydrogen-bond acceptors (Lipinski definition) is 2. The minimum atomic E-state index is -0.116. The summed E-state index contributed by atoms with van der Waals surface area (Å²) in [6.07, 6.45) is 2.97. The first-order valence-corrected chi connectivity index (χ1v) is 5.79. The lowest BCUT2D eigenvalue weighted by atomic mass is 10.2. The van der Waals surface area contributed by atoms with Gasteiger partial charge in [-0.05, 0) is 27.6 Å². The molecule has 0 fully saturated rings. The van der Waals surface area contributed by atoms with Crippen LogP contribution in [0.5, 0.6) is 0 Å². The fourth-order valence-electron chi connectivity index (χ4n) is 1.35. The van der Waals surface area contributed by atoms with Crippen LogP contribution in [-0.2, 0) is 6.54 Å². The highest BCUT2D eigenvalue weighted by atomic mass is 79.9. The Bertz CT molecular complexity index is 568. The first kappa shape index (κ1) is 11.4. The molecule has 3 nitrogen and oxygen atoms in total. The van der Waals surface area contributed by atoms with E-state index < -0.39 is 0 Å². The van der Waals surface area contributed by atoms with Gasteiger partial charge < -0.3 is 0 Å². The van der Waals surface area contributed by atoms with Crippen LogP contribution in [0.2, 0.25) is 5.02 Å². The zero-order valence-corrected chi connectivity index (χ0v) is 10.6. The molecule has 5 heteroatoms. The maximum atomic E-state index is 11.7. The van der Waals surface area contributed by atoms with Crippen LogP contribution in [0.25, 0.3) is 0 Å². The molecule has 82 valence electrons. The van der Waals surface area contributed by atoms with E-state index in [2.05, 4.69) is 20.9 Å².